The molecule has 0 saturated heterocycles. The van der Waals surface area contributed by atoms with E-state index in [1.165, 1.54) is 12.8 Å². The predicted molar refractivity (Wildman–Crippen MR) is 75.7 cm³/mol. The first-order chi connectivity index (χ1) is 8.83. The molecule has 0 radical (unpaired) electrons. The van der Waals surface area contributed by atoms with Crippen molar-refractivity contribution < 1.29 is 9.53 Å². The number of carbonyl (C=O) groups excluding carboxylic acids is 1. The van der Waals surface area contributed by atoms with Crippen LogP contribution in [0, 0.1) is 11.3 Å². The highest BCUT2D eigenvalue weighted by Gasteiger charge is 2.63. The molecule has 0 spiro atoms. The van der Waals surface area contributed by atoms with Crippen LogP contribution < -0.4 is 5.73 Å². The van der Waals surface area contributed by atoms with Gasteiger partial charge in [-0.3, -0.25) is 4.79 Å². The van der Waals surface area contributed by atoms with E-state index in [1.807, 2.05) is 32.7 Å². The van der Waals surface area contributed by atoms with Crippen molar-refractivity contribution in [1.29, 1.82) is 0 Å². The standard InChI is InChI=1S/C15H28N2O2/c1-5-19-12-10-15(16,14(12,2)3)13(18)17(4)9-8-11-6-7-11/h11-12H,5-10,16H2,1-4H3. The number of hydrogen-bond acceptors (Lipinski definition) is 3. The Labute approximate surface area is 116 Å². The van der Waals surface area contributed by atoms with Crippen molar-refractivity contribution in [3.63, 3.8) is 0 Å². The molecule has 0 aromatic carbocycles. The Morgan fingerprint density at radius 2 is 2.05 bits per heavy atom. The first-order valence-corrected chi connectivity index (χ1v) is 7.49. The van der Waals surface area contributed by atoms with Crippen molar-refractivity contribution >= 4 is 5.91 Å². The molecule has 0 aliphatic heterocycles. The summed E-state index contributed by atoms with van der Waals surface area (Å²) in [5, 5.41) is 0. The molecule has 0 heterocycles. The van der Waals surface area contributed by atoms with Gasteiger partial charge in [0.1, 0.15) is 5.54 Å². The van der Waals surface area contributed by atoms with Crippen LogP contribution in [0.2, 0.25) is 0 Å². The number of carbonyl (C=O) groups is 1. The van der Waals surface area contributed by atoms with E-state index in [1.54, 1.807) is 0 Å². The van der Waals surface area contributed by atoms with Gasteiger partial charge in [0.15, 0.2) is 0 Å². The van der Waals surface area contributed by atoms with Gasteiger partial charge >= 0.3 is 0 Å². The molecule has 110 valence electrons. The van der Waals surface area contributed by atoms with E-state index in [4.69, 9.17) is 10.5 Å². The van der Waals surface area contributed by atoms with Crippen LogP contribution >= 0.6 is 0 Å². The normalized spacial score (nSPS) is 32.8. The summed E-state index contributed by atoms with van der Waals surface area (Å²) in [5.74, 6) is 0.920. The fourth-order valence-electron chi connectivity index (χ4n) is 3.02. The minimum Gasteiger partial charge on any atom is -0.378 e. The third-order valence-electron chi connectivity index (χ3n) is 5.13. The summed E-state index contributed by atoms with van der Waals surface area (Å²) >= 11 is 0. The molecular formula is C15H28N2O2. The number of ether oxygens (including phenoxy) is 1. The Kier molecular flexibility index (Phi) is 3.94. The van der Waals surface area contributed by atoms with E-state index in [2.05, 4.69) is 0 Å². The molecule has 2 fully saturated rings. The van der Waals surface area contributed by atoms with E-state index in [0.29, 0.717) is 13.0 Å². The number of hydrogen-bond donors (Lipinski definition) is 1. The third kappa shape index (κ3) is 2.52. The SMILES string of the molecule is CCOC1CC(N)(C(=O)N(C)CCC2CC2)C1(C)C. The highest BCUT2D eigenvalue weighted by molar-refractivity contribution is 5.88. The topological polar surface area (TPSA) is 55.6 Å². The predicted octanol–water partition coefficient (Wildman–Crippen LogP) is 1.78. The average molecular weight is 268 g/mol. The number of rotatable bonds is 6. The van der Waals surface area contributed by atoms with Gasteiger partial charge < -0.3 is 15.4 Å². The summed E-state index contributed by atoms with van der Waals surface area (Å²) in [6, 6.07) is 0. The molecule has 2 N–H and O–H groups in total. The molecule has 1 amide bonds. The number of amides is 1. The minimum absolute atomic E-state index is 0.0779. The quantitative estimate of drug-likeness (QED) is 0.799. The number of nitrogens with zero attached hydrogens (tertiary/aromatic N) is 1. The summed E-state index contributed by atoms with van der Waals surface area (Å²) < 4.78 is 5.68. The van der Waals surface area contributed by atoms with Crippen molar-refractivity contribution in [1.82, 2.24) is 4.90 Å². The molecule has 2 aliphatic carbocycles. The lowest BCUT2D eigenvalue weighted by molar-refractivity contribution is -0.178. The van der Waals surface area contributed by atoms with Gasteiger partial charge in [-0.1, -0.05) is 26.7 Å². The molecule has 0 aromatic heterocycles. The van der Waals surface area contributed by atoms with Crippen LogP contribution in [0.3, 0.4) is 0 Å². The molecule has 0 bridgehead atoms. The van der Waals surface area contributed by atoms with Gasteiger partial charge in [-0.15, -0.1) is 0 Å². The second-order valence-electron chi connectivity index (χ2n) is 6.80. The van der Waals surface area contributed by atoms with Gasteiger partial charge in [0.05, 0.1) is 6.10 Å². The largest absolute Gasteiger partial charge is 0.378 e. The van der Waals surface area contributed by atoms with Crippen LogP contribution in [0.25, 0.3) is 0 Å². The number of nitrogens with two attached hydrogens (primary N) is 1. The van der Waals surface area contributed by atoms with Crippen molar-refractivity contribution in [2.75, 3.05) is 20.2 Å². The van der Waals surface area contributed by atoms with Gasteiger partial charge in [0.25, 0.3) is 0 Å². The molecule has 19 heavy (non-hydrogen) atoms. The van der Waals surface area contributed by atoms with Crippen molar-refractivity contribution in [3.05, 3.63) is 0 Å². The van der Waals surface area contributed by atoms with Gasteiger partial charge in [0.2, 0.25) is 5.91 Å². The molecule has 2 saturated carbocycles. The molecule has 4 nitrogen and oxygen atoms in total. The average Bonchev–Trinajstić information content (AvgIpc) is 3.18. The third-order valence-corrected chi connectivity index (χ3v) is 5.13. The van der Waals surface area contributed by atoms with E-state index in [9.17, 15) is 4.79 Å². The molecule has 4 heteroatoms. The Morgan fingerprint density at radius 3 is 2.53 bits per heavy atom. The van der Waals surface area contributed by atoms with E-state index >= 15 is 0 Å². The molecule has 2 atom stereocenters. The highest BCUT2D eigenvalue weighted by atomic mass is 16.5. The van der Waals surface area contributed by atoms with E-state index in [-0.39, 0.29) is 17.4 Å². The fourth-order valence-corrected chi connectivity index (χ4v) is 3.02. The van der Waals surface area contributed by atoms with Crippen LogP contribution in [-0.4, -0.2) is 42.6 Å². The lowest BCUT2D eigenvalue weighted by atomic mass is 9.54. The van der Waals surface area contributed by atoms with Crippen LogP contribution in [0.5, 0.6) is 0 Å². The lowest BCUT2D eigenvalue weighted by Gasteiger charge is -2.58. The smallest absolute Gasteiger partial charge is 0.243 e. The Bertz CT molecular complexity index is 352. The summed E-state index contributed by atoms with van der Waals surface area (Å²) in [6.07, 6.45) is 4.51. The Hall–Kier alpha value is -0.610. The maximum atomic E-state index is 12.6. The van der Waals surface area contributed by atoms with Gasteiger partial charge in [-0.25, -0.2) is 0 Å². The molecule has 2 rings (SSSR count). The molecular weight excluding hydrogens is 240 g/mol. The zero-order valence-corrected chi connectivity index (χ0v) is 12.7. The molecule has 2 unspecified atom stereocenters. The zero-order valence-electron chi connectivity index (χ0n) is 12.7. The van der Waals surface area contributed by atoms with Crippen LogP contribution in [0.1, 0.15) is 46.5 Å². The molecule has 2 aliphatic rings. The van der Waals surface area contributed by atoms with Crippen LogP contribution in [0.15, 0.2) is 0 Å². The maximum absolute atomic E-state index is 12.6. The van der Waals surface area contributed by atoms with Crippen LogP contribution in [0.4, 0.5) is 0 Å². The summed E-state index contributed by atoms with van der Waals surface area (Å²) in [7, 11) is 1.88. The second kappa shape index (κ2) is 5.06. The second-order valence-corrected chi connectivity index (χ2v) is 6.80. The monoisotopic (exact) mass is 268 g/mol. The molecule has 0 aromatic rings. The summed E-state index contributed by atoms with van der Waals surface area (Å²) in [5.41, 5.74) is 5.35. The first kappa shape index (κ1) is 14.8. The number of likely N-dealkylation sites (N-methyl/N-ethyl adjacent to an activating group) is 1. The van der Waals surface area contributed by atoms with E-state index < -0.39 is 5.54 Å². The zero-order chi connectivity index (χ0) is 14.3. The summed E-state index contributed by atoms with van der Waals surface area (Å²) in [4.78, 5) is 14.4. The minimum atomic E-state index is -0.759. The lowest BCUT2D eigenvalue weighted by Crippen LogP contribution is -2.75. The summed E-state index contributed by atoms with van der Waals surface area (Å²) in [6.45, 7) is 7.58. The fraction of sp³-hybridized carbons (Fsp3) is 0.933. The highest BCUT2D eigenvalue weighted by Crippen LogP contribution is 2.50. The van der Waals surface area contributed by atoms with Crippen molar-refractivity contribution in [3.8, 4) is 0 Å². The first-order valence-electron chi connectivity index (χ1n) is 7.49. The van der Waals surface area contributed by atoms with Crippen molar-refractivity contribution in [2.45, 2.75) is 58.1 Å². The maximum Gasteiger partial charge on any atom is 0.243 e. The van der Waals surface area contributed by atoms with Gasteiger partial charge in [-0.05, 0) is 19.3 Å². The van der Waals surface area contributed by atoms with Crippen LogP contribution in [-0.2, 0) is 9.53 Å². The Balaban J connectivity index is 1.93. The van der Waals surface area contributed by atoms with Gasteiger partial charge in [0, 0.05) is 32.0 Å². The van der Waals surface area contributed by atoms with Crippen molar-refractivity contribution in [2.24, 2.45) is 17.1 Å². The van der Waals surface area contributed by atoms with Gasteiger partial charge in [-0.2, -0.15) is 0 Å². The Morgan fingerprint density at radius 1 is 1.42 bits per heavy atom. The van der Waals surface area contributed by atoms with E-state index in [0.717, 1.165) is 18.9 Å².